The molecule has 2 heterocycles. The molecule has 1 aromatic carbocycles. The van der Waals surface area contributed by atoms with Crippen LogP contribution in [0.2, 0.25) is 0 Å². The predicted molar refractivity (Wildman–Crippen MR) is 76.4 cm³/mol. The summed E-state index contributed by atoms with van der Waals surface area (Å²) in [5.74, 6) is 0. The highest BCUT2D eigenvalue weighted by atomic mass is 15.4. The third-order valence-corrected chi connectivity index (χ3v) is 3.49. The monoisotopic (exact) mass is 241 g/mol. The first-order chi connectivity index (χ1) is 8.83. The lowest BCUT2D eigenvalue weighted by Gasteiger charge is -2.23. The van der Waals surface area contributed by atoms with Crippen LogP contribution < -0.4 is 5.43 Å². The van der Waals surface area contributed by atoms with E-state index < -0.39 is 0 Å². The molecule has 3 rings (SSSR count). The molecule has 1 aliphatic heterocycles. The first-order valence-electron chi connectivity index (χ1n) is 6.49. The van der Waals surface area contributed by atoms with E-state index in [1.54, 1.807) is 0 Å². The summed E-state index contributed by atoms with van der Waals surface area (Å²) in [7, 11) is 2.18. The summed E-state index contributed by atoms with van der Waals surface area (Å²) in [6.07, 6.45) is 5.62. The van der Waals surface area contributed by atoms with Gasteiger partial charge in [0.15, 0.2) is 0 Å². The Kier molecular flexibility index (Phi) is 3.07. The van der Waals surface area contributed by atoms with Gasteiger partial charge >= 0.3 is 0 Å². The Balaban J connectivity index is 1.71. The van der Waals surface area contributed by atoms with E-state index in [-0.39, 0.29) is 0 Å². The number of fused-ring (bicyclic) bond motifs is 1. The van der Waals surface area contributed by atoms with Gasteiger partial charge in [0, 0.05) is 24.7 Å². The minimum Gasteiger partial charge on any atom is -0.322 e. The van der Waals surface area contributed by atoms with E-state index in [0.29, 0.717) is 0 Å². The SMILES string of the molecule is CN1CCC=C(CNn2ccc3ccccc32)C1. The molecule has 0 atom stereocenters. The summed E-state index contributed by atoms with van der Waals surface area (Å²) in [5, 5.41) is 1.28. The summed E-state index contributed by atoms with van der Waals surface area (Å²) < 4.78 is 2.12. The van der Waals surface area contributed by atoms with Gasteiger partial charge in [-0.15, -0.1) is 0 Å². The van der Waals surface area contributed by atoms with Gasteiger partial charge in [-0.25, -0.2) is 0 Å². The third kappa shape index (κ3) is 2.27. The second kappa shape index (κ2) is 4.86. The summed E-state index contributed by atoms with van der Waals surface area (Å²) >= 11 is 0. The first-order valence-corrected chi connectivity index (χ1v) is 6.49. The minimum absolute atomic E-state index is 0.920. The number of benzene rings is 1. The number of likely N-dealkylation sites (N-methyl/N-ethyl adjacent to an activating group) is 1. The molecular weight excluding hydrogens is 222 g/mol. The Morgan fingerprint density at radius 1 is 1.22 bits per heavy atom. The molecule has 1 aliphatic rings. The molecule has 0 saturated carbocycles. The fourth-order valence-corrected chi connectivity index (χ4v) is 2.52. The highest BCUT2D eigenvalue weighted by Gasteiger charge is 2.08. The van der Waals surface area contributed by atoms with E-state index in [9.17, 15) is 0 Å². The quantitative estimate of drug-likeness (QED) is 0.833. The van der Waals surface area contributed by atoms with Crippen molar-refractivity contribution in [3.8, 4) is 0 Å². The average molecular weight is 241 g/mol. The van der Waals surface area contributed by atoms with Crippen molar-refractivity contribution in [2.45, 2.75) is 6.42 Å². The van der Waals surface area contributed by atoms with Crippen molar-refractivity contribution in [2.75, 3.05) is 32.1 Å². The van der Waals surface area contributed by atoms with Gasteiger partial charge in [0.05, 0.1) is 12.1 Å². The van der Waals surface area contributed by atoms with E-state index in [0.717, 1.165) is 13.1 Å². The van der Waals surface area contributed by atoms with Crippen LogP contribution in [0.3, 0.4) is 0 Å². The van der Waals surface area contributed by atoms with E-state index in [2.05, 4.69) is 64.7 Å². The molecule has 3 nitrogen and oxygen atoms in total. The van der Waals surface area contributed by atoms with Crippen LogP contribution in [-0.4, -0.2) is 36.3 Å². The molecule has 2 aromatic rings. The molecule has 0 spiro atoms. The largest absolute Gasteiger partial charge is 0.322 e. The molecule has 1 aromatic heterocycles. The average Bonchev–Trinajstić information content (AvgIpc) is 2.80. The summed E-state index contributed by atoms with van der Waals surface area (Å²) in [6.45, 7) is 3.17. The zero-order chi connectivity index (χ0) is 12.4. The van der Waals surface area contributed by atoms with Crippen molar-refractivity contribution < 1.29 is 0 Å². The van der Waals surface area contributed by atoms with Gasteiger partial charge < -0.3 is 10.3 Å². The van der Waals surface area contributed by atoms with Crippen LogP contribution in [0.1, 0.15) is 6.42 Å². The minimum atomic E-state index is 0.920. The highest BCUT2D eigenvalue weighted by molar-refractivity contribution is 5.80. The summed E-state index contributed by atoms with van der Waals surface area (Å²) in [4.78, 5) is 2.37. The van der Waals surface area contributed by atoms with Crippen LogP contribution in [0, 0.1) is 0 Å². The van der Waals surface area contributed by atoms with E-state index in [4.69, 9.17) is 0 Å². The topological polar surface area (TPSA) is 20.2 Å². The number of aromatic nitrogens is 1. The first kappa shape index (κ1) is 11.4. The number of rotatable bonds is 3. The Labute approximate surface area is 108 Å². The maximum absolute atomic E-state index is 3.48. The summed E-state index contributed by atoms with van der Waals surface area (Å²) in [5.41, 5.74) is 6.19. The number of nitrogens with zero attached hydrogens (tertiary/aromatic N) is 2. The molecule has 1 N–H and O–H groups in total. The second-order valence-electron chi connectivity index (χ2n) is 4.97. The Bertz CT molecular complexity index is 568. The van der Waals surface area contributed by atoms with Gasteiger partial charge in [-0.1, -0.05) is 24.3 Å². The molecule has 18 heavy (non-hydrogen) atoms. The predicted octanol–water partition coefficient (Wildman–Crippen LogP) is 2.45. The number of nitrogens with one attached hydrogen (secondary N) is 1. The van der Waals surface area contributed by atoms with Crippen molar-refractivity contribution in [1.82, 2.24) is 9.58 Å². The summed E-state index contributed by atoms with van der Waals surface area (Å²) in [6, 6.07) is 10.6. The molecule has 0 radical (unpaired) electrons. The van der Waals surface area contributed by atoms with Gasteiger partial charge in [-0.2, -0.15) is 0 Å². The third-order valence-electron chi connectivity index (χ3n) is 3.49. The molecular formula is C15H19N3. The Morgan fingerprint density at radius 2 is 2.11 bits per heavy atom. The van der Waals surface area contributed by atoms with Crippen LogP contribution in [0.15, 0.2) is 48.2 Å². The van der Waals surface area contributed by atoms with E-state index in [1.807, 2.05) is 0 Å². The van der Waals surface area contributed by atoms with Gasteiger partial charge in [-0.05, 0) is 31.2 Å². The molecule has 94 valence electrons. The standard InChI is InChI=1S/C15H19N3/c1-17-9-4-5-13(12-17)11-16-18-10-8-14-6-2-3-7-15(14)18/h2-3,5-8,10,16H,4,9,11-12H2,1H3. The van der Waals surface area contributed by atoms with Crippen molar-refractivity contribution >= 4 is 10.9 Å². The lowest BCUT2D eigenvalue weighted by Crippen LogP contribution is -2.29. The van der Waals surface area contributed by atoms with Gasteiger partial charge in [0.25, 0.3) is 0 Å². The van der Waals surface area contributed by atoms with E-state index >= 15 is 0 Å². The fourth-order valence-electron chi connectivity index (χ4n) is 2.52. The lowest BCUT2D eigenvalue weighted by atomic mass is 10.1. The van der Waals surface area contributed by atoms with Crippen molar-refractivity contribution in [3.63, 3.8) is 0 Å². The van der Waals surface area contributed by atoms with Crippen molar-refractivity contribution in [2.24, 2.45) is 0 Å². The molecule has 0 amide bonds. The van der Waals surface area contributed by atoms with Crippen LogP contribution in [0.5, 0.6) is 0 Å². The highest BCUT2D eigenvalue weighted by Crippen LogP contribution is 2.14. The zero-order valence-corrected chi connectivity index (χ0v) is 10.8. The molecule has 0 bridgehead atoms. The molecule has 3 heteroatoms. The zero-order valence-electron chi connectivity index (χ0n) is 10.8. The Morgan fingerprint density at radius 3 is 3.00 bits per heavy atom. The number of hydrogen-bond donors (Lipinski definition) is 1. The maximum Gasteiger partial charge on any atom is 0.0692 e. The maximum atomic E-state index is 3.48. The lowest BCUT2D eigenvalue weighted by molar-refractivity contribution is 0.353. The normalized spacial score (nSPS) is 16.8. The smallest absolute Gasteiger partial charge is 0.0692 e. The second-order valence-corrected chi connectivity index (χ2v) is 4.97. The molecule has 0 unspecified atom stereocenters. The van der Waals surface area contributed by atoms with Gasteiger partial charge in [-0.3, -0.25) is 4.68 Å². The van der Waals surface area contributed by atoms with Crippen LogP contribution >= 0.6 is 0 Å². The van der Waals surface area contributed by atoms with Crippen LogP contribution in [0.25, 0.3) is 10.9 Å². The van der Waals surface area contributed by atoms with Crippen molar-refractivity contribution in [1.29, 1.82) is 0 Å². The fraction of sp³-hybridized carbons (Fsp3) is 0.333. The molecule has 0 saturated heterocycles. The molecule has 0 aliphatic carbocycles. The van der Waals surface area contributed by atoms with Crippen molar-refractivity contribution in [3.05, 3.63) is 48.2 Å². The van der Waals surface area contributed by atoms with Crippen LogP contribution in [0.4, 0.5) is 0 Å². The number of para-hydroxylation sites is 1. The Hall–Kier alpha value is -1.74. The van der Waals surface area contributed by atoms with E-state index in [1.165, 1.54) is 29.4 Å². The van der Waals surface area contributed by atoms with Gasteiger partial charge in [0.2, 0.25) is 0 Å². The van der Waals surface area contributed by atoms with Crippen LogP contribution in [-0.2, 0) is 0 Å². The molecule has 0 fully saturated rings. The van der Waals surface area contributed by atoms with Gasteiger partial charge in [0.1, 0.15) is 0 Å². The number of hydrogen-bond acceptors (Lipinski definition) is 2.